The van der Waals surface area contributed by atoms with Crippen molar-refractivity contribution in [2.75, 3.05) is 12.3 Å². The number of hydrogen-bond donors (Lipinski definition) is 3. The van der Waals surface area contributed by atoms with Gasteiger partial charge in [0.05, 0.1) is 0 Å². The fourth-order valence-electron chi connectivity index (χ4n) is 0.568. The van der Waals surface area contributed by atoms with E-state index in [9.17, 15) is 9.18 Å². The Kier molecular flexibility index (Phi) is 5.74. The SMILES string of the molecule is C=CC(F)CNC(CS)C(=O)O. The molecule has 0 saturated heterocycles. The minimum atomic E-state index is -1.22. The molecule has 70 valence electrons. The summed E-state index contributed by atoms with van der Waals surface area (Å²) >= 11 is 3.80. The molecule has 5 heteroatoms. The Morgan fingerprint density at radius 1 is 1.83 bits per heavy atom. The number of rotatable bonds is 6. The third-order valence-corrected chi connectivity index (χ3v) is 1.66. The zero-order valence-electron chi connectivity index (χ0n) is 6.53. The second-order valence-corrected chi connectivity index (χ2v) is 2.60. The molecule has 0 bridgehead atoms. The molecule has 2 N–H and O–H groups in total. The van der Waals surface area contributed by atoms with Gasteiger partial charge in [-0.3, -0.25) is 4.79 Å². The van der Waals surface area contributed by atoms with Gasteiger partial charge >= 0.3 is 5.97 Å². The zero-order valence-corrected chi connectivity index (χ0v) is 7.43. The van der Waals surface area contributed by atoms with Gasteiger partial charge in [0, 0.05) is 12.3 Å². The van der Waals surface area contributed by atoms with E-state index in [-0.39, 0.29) is 12.3 Å². The van der Waals surface area contributed by atoms with E-state index >= 15 is 0 Å². The Balaban J connectivity index is 3.72. The van der Waals surface area contributed by atoms with Crippen LogP contribution in [0.1, 0.15) is 0 Å². The van der Waals surface area contributed by atoms with Crippen molar-refractivity contribution in [1.82, 2.24) is 5.32 Å². The first-order valence-corrected chi connectivity index (χ1v) is 4.08. The molecule has 0 spiro atoms. The zero-order chi connectivity index (χ0) is 9.56. The Morgan fingerprint density at radius 3 is 2.75 bits per heavy atom. The second-order valence-electron chi connectivity index (χ2n) is 2.23. The number of carboxylic acids is 1. The molecular weight excluding hydrogens is 181 g/mol. The Hall–Kier alpha value is -0.550. The highest BCUT2D eigenvalue weighted by Gasteiger charge is 2.15. The highest BCUT2D eigenvalue weighted by atomic mass is 32.1. The largest absolute Gasteiger partial charge is 0.480 e. The number of aliphatic carboxylic acids is 1. The van der Waals surface area contributed by atoms with Crippen LogP contribution in [0.5, 0.6) is 0 Å². The smallest absolute Gasteiger partial charge is 0.321 e. The van der Waals surface area contributed by atoms with E-state index in [1.54, 1.807) is 0 Å². The average Bonchev–Trinajstić information content (AvgIpc) is 2.04. The van der Waals surface area contributed by atoms with Gasteiger partial charge in [-0.1, -0.05) is 6.08 Å². The number of halogens is 1. The normalized spacial score (nSPS) is 15.2. The molecule has 0 heterocycles. The lowest BCUT2D eigenvalue weighted by atomic mass is 10.3. The van der Waals surface area contributed by atoms with Crippen molar-refractivity contribution in [1.29, 1.82) is 0 Å². The topological polar surface area (TPSA) is 49.3 Å². The van der Waals surface area contributed by atoms with E-state index in [4.69, 9.17) is 5.11 Å². The monoisotopic (exact) mass is 193 g/mol. The molecule has 12 heavy (non-hydrogen) atoms. The summed E-state index contributed by atoms with van der Waals surface area (Å²) < 4.78 is 12.5. The predicted molar refractivity (Wildman–Crippen MR) is 48.4 cm³/mol. The van der Waals surface area contributed by atoms with Crippen LogP contribution in [-0.2, 0) is 4.79 Å². The standard InChI is InChI=1S/C7H12FNO2S/c1-2-5(8)3-9-6(4-12)7(10)11/h2,5-6,9,12H,1,3-4H2,(H,10,11). The van der Waals surface area contributed by atoms with Crippen molar-refractivity contribution in [3.8, 4) is 0 Å². The maximum Gasteiger partial charge on any atom is 0.321 e. The third kappa shape index (κ3) is 4.35. The fraction of sp³-hybridized carbons (Fsp3) is 0.571. The van der Waals surface area contributed by atoms with Gasteiger partial charge in [-0.2, -0.15) is 12.6 Å². The van der Waals surface area contributed by atoms with Gasteiger partial charge in [0.25, 0.3) is 0 Å². The third-order valence-electron chi connectivity index (χ3n) is 1.30. The van der Waals surface area contributed by atoms with Crippen LogP contribution in [0.4, 0.5) is 4.39 Å². The van der Waals surface area contributed by atoms with Gasteiger partial charge in [-0.15, -0.1) is 6.58 Å². The summed E-state index contributed by atoms with van der Waals surface area (Å²) in [6, 6.07) is -0.800. The van der Waals surface area contributed by atoms with E-state index in [0.717, 1.165) is 6.08 Å². The quantitative estimate of drug-likeness (QED) is 0.425. The van der Waals surface area contributed by atoms with Crippen LogP contribution in [0.25, 0.3) is 0 Å². The molecule has 0 aromatic carbocycles. The molecular formula is C7H12FNO2S. The van der Waals surface area contributed by atoms with Gasteiger partial charge in [0.15, 0.2) is 0 Å². The fourth-order valence-corrected chi connectivity index (χ4v) is 0.853. The number of carbonyl (C=O) groups is 1. The van der Waals surface area contributed by atoms with E-state index in [2.05, 4.69) is 24.5 Å². The van der Waals surface area contributed by atoms with Crippen molar-refractivity contribution < 1.29 is 14.3 Å². The summed E-state index contributed by atoms with van der Waals surface area (Å²) in [5, 5.41) is 11.0. The molecule has 0 amide bonds. The summed E-state index contributed by atoms with van der Waals surface area (Å²) in [5.41, 5.74) is 0. The van der Waals surface area contributed by atoms with E-state index < -0.39 is 18.2 Å². The average molecular weight is 193 g/mol. The van der Waals surface area contributed by atoms with Gasteiger partial charge in [-0.05, 0) is 0 Å². The first-order valence-electron chi connectivity index (χ1n) is 3.45. The molecule has 0 fully saturated rings. The highest BCUT2D eigenvalue weighted by molar-refractivity contribution is 7.80. The van der Waals surface area contributed by atoms with Crippen molar-refractivity contribution >= 4 is 18.6 Å². The number of hydrogen-bond acceptors (Lipinski definition) is 3. The van der Waals surface area contributed by atoms with Crippen LogP contribution < -0.4 is 5.32 Å². The summed E-state index contributed by atoms with van der Waals surface area (Å²) in [4.78, 5) is 10.4. The minimum Gasteiger partial charge on any atom is -0.480 e. The summed E-state index contributed by atoms with van der Waals surface area (Å²) in [6.07, 6.45) is -0.100. The first-order chi connectivity index (χ1) is 5.61. The lowest BCUT2D eigenvalue weighted by Crippen LogP contribution is -2.41. The summed E-state index contributed by atoms with van der Waals surface area (Å²) in [7, 11) is 0. The van der Waals surface area contributed by atoms with Crippen LogP contribution in [0.15, 0.2) is 12.7 Å². The molecule has 0 saturated carbocycles. The Labute approximate surface area is 76.1 Å². The molecule has 0 aliphatic heterocycles. The molecule has 3 nitrogen and oxygen atoms in total. The highest BCUT2D eigenvalue weighted by Crippen LogP contribution is 1.92. The molecule has 0 aliphatic carbocycles. The van der Waals surface area contributed by atoms with Crippen LogP contribution in [-0.4, -0.2) is 35.6 Å². The van der Waals surface area contributed by atoms with E-state index in [1.807, 2.05) is 0 Å². The van der Waals surface area contributed by atoms with Crippen molar-refractivity contribution in [2.45, 2.75) is 12.2 Å². The van der Waals surface area contributed by atoms with Crippen LogP contribution in [0, 0.1) is 0 Å². The molecule has 0 aromatic heterocycles. The number of carboxylic acid groups (broad SMARTS) is 1. The van der Waals surface area contributed by atoms with Crippen LogP contribution >= 0.6 is 12.6 Å². The minimum absolute atomic E-state index is 0.0406. The Morgan fingerprint density at radius 2 is 2.42 bits per heavy atom. The number of alkyl halides is 1. The van der Waals surface area contributed by atoms with Gasteiger partial charge in [0.2, 0.25) is 0 Å². The summed E-state index contributed by atoms with van der Waals surface area (Å²) in [6.45, 7) is 3.19. The maximum atomic E-state index is 12.5. The lowest BCUT2D eigenvalue weighted by molar-refractivity contribution is -0.138. The molecule has 2 atom stereocenters. The Bertz CT molecular complexity index is 165. The second kappa shape index (κ2) is 6.02. The number of thiol groups is 1. The molecule has 0 rings (SSSR count). The van der Waals surface area contributed by atoms with Crippen molar-refractivity contribution in [3.05, 3.63) is 12.7 Å². The van der Waals surface area contributed by atoms with E-state index in [0.29, 0.717) is 0 Å². The van der Waals surface area contributed by atoms with Crippen molar-refractivity contribution in [3.63, 3.8) is 0 Å². The van der Waals surface area contributed by atoms with Gasteiger partial charge < -0.3 is 10.4 Å². The first kappa shape index (κ1) is 11.4. The van der Waals surface area contributed by atoms with Gasteiger partial charge in [0.1, 0.15) is 12.2 Å². The predicted octanol–water partition coefficient (Wildman–Crippen LogP) is 0.483. The van der Waals surface area contributed by atoms with Crippen molar-refractivity contribution in [2.24, 2.45) is 0 Å². The lowest BCUT2D eigenvalue weighted by Gasteiger charge is -2.11. The summed E-state index contributed by atoms with van der Waals surface area (Å²) in [5.74, 6) is -0.889. The van der Waals surface area contributed by atoms with Crippen LogP contribution in [0.3, 0.4) is 0 Å². The maximum absolute atomic E-state index is 12.5. The van der Waals surface area contributed by atoms with Crippen LogP contribution in [0.2, 0.25) is 0 Å². The molecule has 0 aliphatic rings. The number of nitrogens with one attached hydrogen (secondary N) is 1. The van der Waals surface area contributed by atoms with E-state index in [1.165, 1.54) is 0 Å². The van der Waals surface area contributed by atoms with Gasteiger partial charge in [-0.25, -0.2) is 4.39 Å². The molecule has 0 radical (unpaired) electrons. The molecule has 0 aromatic rings. The molecule has 2 unspecified atom stereocenters.